The van der Waals surface area contributed by atoms with Crippen LogP contribution in [0.2, 0.25) is 0 Å². The van der Waals surface area contributed by atoms with Crippen molar-refractivity contribution in [3.05, 3.63) is 55.9 Å². The number of amides is 1. The molecule has 3 N–H and O–H groups in total. The molecule has 0 saturated heterocycles. The van der Waals surface area contributed by atoms with Crippen LogP contribution in [-0.4, -0.2) is 22.0 Å². The number of aromatic amines is 1. The summed E-state index contributed by atoms with van der Waals surface area (Å²) < 4.78 is 7.01. The summed E-state index contributed by atoms with van der Waals surface area (Å²) >= 11 is 0. The van der Waals surface area contributed by atoms with Crippen LogP contribution in [0.15, 0.2) is 32.4 Å². The molecule has 0 spiro atoms. The van der Waals surface area contributed by atoms with Crippen LogP contribution < -0.4 is 21.9 Å². The van der Waals surface area contributed by atoms with E-state index >= 15 is 0 Å². The fourth-order valence-electron chi connectivity index (χ4n) is 3.62. The van der Waals surface area contributed by atoms with E-state index in [4.69, 9.17) is 10.2 Å². The summed E-state index contributed by atoms with van der Waals surface area (Å²) in [5, 5.41) is 0.873. The van der Waals surface area contributed by atoms with Gasteiger partial charge in [-0.2, -0.15) is 0 Å². The number of furan rings is 1. The predicted octanol–water partition coefficient (Wildman–Crippen LogP) is 2.88. The number of nitrogens with zero attached hydrogens (tertiary/aromatic N) is 2. The second-order valence-electron chi connectivity index (χ2n) is 7.46. The Morgan fingerprint density at radius 3 is 2.63 bits per heavy atom. The van der Waals surface area contributed by atoms with Gasteiger partial charge in [-0.3, -0.25) is 19.1 Å². The number of unbranched alkanes of at least 4 members (excludes halogenated alkanes) is 1. The van der Waals surface area contributed by atoms with Gasteiger partial charge in [0.1, 0.15) is 11.4 Å². The molecule has 0 bridgehead atoms. The standard InChI is InChI=1S/C22H28N4O4/c1-5-7-10-26-20(23)18(21(28)24-22(26)29)25(6-2)17(27)11-15-12-30-19-14(4)13(3)8-9-16(15)19/h8-9,12H,5-7,10-11,23H2,1-4H3,(H,24,28,29). The number of nitrogen functional groups attached to an aromatic ring is 1. The summed E-state index contributed by atoms with van der Waals surface area (Å²) in [6.45, 7) is 8.36. The maximum atomic E-state index is 13.1. The largest absolute Gasteiger partial charge is 0.464 e. The third-order valence-corrected chi connectivity index (χ3v) is 5.52. The Labute approximate surface area is 174 Å². The number of hydrogen-bond donors (Lipinski definition) is 2. The van der Waals surface area contributed by atoms with Crippen molar-refractivity contribution in [2.75, 3.05) is 17.2 Å². The minimum absolute atomic E-state index is 0.0101. The highest BCUT2D eigenvalue weighted by Crippen LogP contribution is 2.27. The number of hydrogen-bond acceptors (Lipinski definition) is 5. The van der Waals surface area contributed by atoms with E-state index in [1.54, 1.807) is 13.2 Å². The van der Waals surface area contributed by atoms with E-state index < -0.39 is 11.2 Å². The summed E-state index contributed by atoms with van der Waals surface area (Å²) in [5.41, 5.74) is 8.59. The maximum Gasteiger partial charge on any atom is 0.330 e. The number of H-pyrrole nitrogens is 1. The van der Waals surface area contributed by atoms with Gasteiger partial charge >= 0.3 is 5.69 Å². The summed E-state index contributed by atoms with van der Waals surface area (Å²) in [5.74, 6) is -0.285. The number of fused-ring (bicyclic) bond motifs is 1. The Bertz CT molecular complexity index is 1200. The summed E-state index contributed by atoms with van der Waals surface area (Å²) in [6.07, 6.45) is 3.23. The number of benzene rings is 1. The number of aromatic nitrogens is 2. The summed E-state index contributed by atoms with van der Waals surface area (Å²) in [7, 11) is 0. The Morgan fingerprint density at radius 2 is 1.97 bits per heavy atom. The van der Waals surface area contributed by atoms with Crippen molar-refractivity contribution >= 4 is 28.4 Å². The van der Waals surface area contributed by atoms with Crippen molar-refractivity contribution in [3.63, 3.8) is 0 Å². The van der Waals surface area contributed by atoms with Crippen LogP contribution in [0, 0.1) is 13.8 Å². The number of carbonyl (C=O) groups is 1. The second-order valence-corrected chi connectivity index (χ2v) is 7.46. The first-order chi connectivity index (χ1) is 14.3. The van der Waals surface area contributed by atoms with E-state index in [2.05, 4.69) is 4.98 Å². The van der Waals surface area contributed by atoms with Gasteiger partial charge in [0.25, 0.3) is 5.56 Å². The number of likely N-dealkylation sites (N-methyl/N-ethyl adjacent to an activating group) is 1. The van der Waals surface area contributed by atoms with Crippen molar-refractivity contribution in [2.24, 2.45) is 0 Å². The van der Waals surface area contributed by atoms with E-state index in [0.717, 1.165) is 40.5 Å². The minimum Gasteiger partial charge on any atom is -0.464 e. The van der Waals surface area contributed by atoms with Gasteiger partial charge in [-0.25, -0.2) is 4.79 Å². The number of carbonyl (C=O) groups excluding carboxylic acids is 1. The molecule has 0 aliphatic carbocycles. The van der Waals surface area contributed by atoms with Gasteiger partial charge in [0.05, 0.1) is 12.7 Å². The van der Waals surface area contributed by atoms with Gasteiger partial charge in [-0.1, -0.05) is 25.5 Å². The van der Waals surface area contributed by atoms with Crippen LogP contribution in [-0.2, 0) is 17.8 Å². The zero-order valence-corrected chi connectivity index (χ0v) is 17.9. The van der Waals surface area contributed by atoms with Gasteiger partial charge in [-0.15, -0.1) is 0 Å². The lowest BCUT2D eigenvalue weighted by Crippen LogP contribution is -2.41. The zero-order valence-electron chi connectivity index (χ0n) is 17.9. The minimum atomic E-state index is -0.663. The molecule has 3 aromatic rings. The Morgan fingerprint density at radius 1 is 1.23 bits per heavy atom. The van der Waals surface area contributed by atoms with Gasteiger partial charge < -0.3 is 15.1 Å². The highest BCUT2D eigenvalue weighted by molar-refractivity contribution is 5.99. The van der Waals surface area contributed by atoms with E-state index in [9.17, 15) is 14.4 Å². The third kappa shape index (κ3) is 3.77. The fourth-order valence-corrected chi connectivity index (χ4v) is 3.62. The number of rotatable bonds is 7. The Balaban J connectivity index is 1.99. The number of aryl methyl sites for hydroxylation is 2. The molecule has 8 nitrogen and oxygen atoms in total. The van der Waals surface area contributed by atoms with Crippen molar-refractivity contribution in [1.29, 1.82) is 0 Å². The second kappa shape index (κ2) is 8.61. The van der Waals surface area contributed by atoms with Gasteiger partial charge in [0.2, 0.25) is 5.91 Å². The molecule has 160 valence electrons. The van der Waals surface area contributed by atoms with Gasteiger partial charge in [-0.05, 0) is 38.3 Å². The molecule has 2 heterocycles. The highest BCUT2D eigenvalue weighted by Gasteiger charge is 2.24. The van der Waals surface area contributed by atoms with E-state index in [-0.39, 0.29) is 30.4 Å². The molecule has 0 saturated carbocycles. The third-order valence-electron chi connectivity index (χ3n) is 5.52. The van der Waals surface area contributed by atoms with Crippen LogP contribution >= 0.6 is 0 Å². The fraction of sp³-hybridized carbons (Fsp3) is 0.409. The van der Waals surface area contributed by atoms with Crippen molar-refractivity contribution in [2.45, 2.75) is 53.5 Å². The van der Waals surface area contributed by atoms with Crippen molar-refractivity contribution in [1.82, 2.24) is 9.55 Å². The molecule has 8 heteroatoms. The molecular formula is C22H28N4O4. The zero-order chi connectivity index (χ0) is 22.0. The van der Waals surface area contributed by atoms with Crippen molar-refractivity contribution in [3.8, 4) is 0 Å². The van der Waals surface area contributed by atoms with Crippen LogP contribution in [0.25, 0.3) is 11.0 Å². The van der Waals surface area contributed by atoms with Crippen molar-refractivity contribution < 1.29 is 9.21 Å². The number of nitrogens with one attached hydrogen (secondary N) is 1. The molecular weight excluding hydrogens is 384 g/mol. The molecule has 1 aromatic carbocycles. The lowest BCUT2D eigenvalue weighted by molar-refractivity contribution is -0.117. The quantitative estimate of drug-likeness (QED) is 0.619. The molecule has 30 heavy (non-hydrogen) atoms. The summed E-state index contributed by atoms with van der Waals surface area (Å²) in [6, 6.07) is 3.93. The predicted molar refractivity (Wildman–Crippen MR) is 118 cm³/mol. The Hall–Kier alpha value is -3.29. The molecule has 0 radical (unpaired) electrons. The van der Waals surface area contributed by atoms with Gasteiger partial charge in [0.15, 0.2) is 5.69 Å². The topological polar surface area (TPSA) is 114 Å². The van der Waals surface area contributed by atoms with E-state index in [1.807, 2.05) is 32.9 Å². The lowest BCUT2D eigenvalue weighted by atomic mass is 10.0. The first-order valence-electron chi connectivity index (χ1n) is 10.2. The van der Waals surface area contributed by atoms with Crippen LogP contribution in [0.5, 0.6) is 0 Å². The van der Waals surface area contributed by atoms with Crippen LogP contribution in [0.4, 0.5) is 11.5 Å². The normalized spacial score (nSPS) is 11.2. The molecule has 3 rings (SSSR count). The highest BCUT2D eigenvalue weighted by atomic mass is 16.3. The maximum absolute atomic E-state index is 13.1. The SMILES string of the molecule is CCCCn1c(N)c(N(CC)C(=O)Cc2coc3c(C)c(C)ccc23)c(=O)[nH]c1=O. The molecule has 0 fully saturated rings. The first-order valence-corrected chi connectivity index (χ1v) is 10.2. The number of nitrogens with two attached hydrogens (primary N) is 1. The van der Waals surface area contributed by atoms with E-state index in [0.29, 0.717) is 6.54 Å². The number of anilines is 2. The molecule has 0 aliphatic rings. The smallest absolute Gasteiger partial charge is 0.330 e. The molecule has 2 aromatic heterocycles. The average molecular weight is 412 g/mol. The summed E-state index contributed by atoms with van der Waals surface area (Å²) in [4.78, 5) is 41.5. The Kier molecular flexibility index (Phi) is 6.14. The lowest BCUT2D eigenvalue weighted by Gasteiger charge is -2.23. The average Bonchev–Trinajstić information content (AvgIpc) is 3.10. The monoisotopic (exact) mass is 412 g/mol. The molecule has 0 aliphatic heterocycles. The molecule has 0 atom stereocenters. The van der Waals surface area contributed by atoms with E-state index in [1.165, 1.54) is 9.47 Å². The molecule has 1 amide bonds. The molecule has 0 unspecified atom stereocenters. The van der Waals surface area contributed by atoms with Crippen LogP contribution in [0.3, 0.4) is 0 Å². The van der Waals surface area contributed by atoms with Gasteiger partial charge in [0, 0.05) is 24.0 Å². The van der Waals surface area contributed by atoms with Crippen LogP contribution in [0.1, 0.15) is 43.4 Å². The first kappa shape index (κ1) is 21.4.